The molecule has 1 aromatic carbocycles. The summed E-state index contributed by atoms with van der Waals surface area (Å²) >= 11 is 3.22. The number of aliphatic hydroxyl groups is 2. The number of nitrogens with one attached hydrogen (secondary N) is 1. The fraction of sp³-hybridized carbons (Fsp3) is 0.400. The van der Waals surface area contributed by atoms with Crippen molar-refractivity contribution < 1.29 is 10.2 Å². The van der Waals surface area contributed by atoms with Crippen molar-refractivity contribution in [2.75, 3.05) is 10.8 Å². The number of alkyl halides is 1. The molecule has 2 unspecified atom stereocenters. The molecule has 0 fully saturated rings. The fourth-order valence-electron chi connectivity index (χ4n) is 1.30. The Bertz CT molecular complexity index is 309. The van der Waals surface area contributed by atoms with Gasteiger partial charge >= 0.3 is 0 Å². The van der Waals surface area contributed by atoms with Crippen molar-refractivity contribution in [1.82, 2.24) is 0 Å². The number of nitrogen functional groups attached to an aromatic ring is 1. The van der Waals surface area contributed by atoms with Crippen LogP contribution in [0.25, 0.3) is 0 Å². The third kappa shape index (κ3) is 3.46. The largest absolute Gasteiger partial charge is 0.390 e. The third-order valence-corrected chi connectivity index (χ3v) is 2.62. The van der Waals surface area contributed by atoms with Gasteiger partial charge in [-0.05, 0) is 24.1 Å². The Morgan fingerprint density at radius 1 is 1.40 bits per heavy atom. The van der Waals surface area contributed by atoms with E-state index in [1.54, 1.807) is 24.3 Å². The van der Waals surface area contributed by atoms with E-state index in [9.17, 15) is 10.2 Å². The highest BCUT2D eigenvalue weighted by Gasteiger charge is 2.17. The zero-order valence-corrected chi connectivity index (χ0v) is 9.81. The number of halogens is 1. The van der Waals surface area contributed by atoms with Gasteiger partial charge in [0.05, 0.1) is 6.10 Å². The molecule has 0 bridgehead atoms. The molecule has 0 saturated heterocycles. The maximum Gasteiger partial charge on any atom is 0.105 e. The summed E-state index contributed by atoms with van der Waals surface area (Å²) in [4.78, 5) is 0. The maximum absolute atomic E-state index is 9.80. The number of nitrogens with two attached hydrogens (primary N) is 1. The lowest BCUT2D eigenvalue weighted by atomic mass is 10.0. The van der Waals surface area contributed by atoms with Crippen LogP contribution in [0.5, 0.6) is 0 Å². The van der Waals surface area contributed by atoms with Gasteiger partial charge in [-0.2, -0.15) is 0 Å². The SMILES string of the molecule is NNc1cccc(C(O)C(O)CCBr)c1. The molecule has 0 aliphatic heterocycles. The first-order chi connectivity index (χ1) is 7.19. The van der Waals surface area contributed by atoms with Gasteiger partial charge in [-0.3, -0.25) is 5.84 Å². The molecule has 0 spiro atoms. The predicted molar refractivity (Wildman–Crippen MR) is 63.6 cm³/mol. The smallest absolute Gasteiger partial charge is 0.105 e. The van der Waals surface area contributed by atoms with Crippen LogP contribution in [0.1, 0.15) is 18.1 Å². The standard InChI is InChI=1S/C10H15BrN2O2/c11-5-4-9(14)10(15)7-2-1-3-8(6-7)13-12/h1-3,6,9-10,13-15H,4-5,12H2. The van der Waals surface area contributed by atoms with Gasteiger partial charge in [0, 0.05) is 11.0 Å². The van der Waals surface area contributed by atoms with Crippen LogP contribution in [0.3, 0.4) is 0 Å². The van der Waals surface area contributed by atoms with E-state index in [1.807, 2.05) is 0 Å². The van der Waals surface area contributed by atoms with Crippen LogP contribution < -0.4 is 11.3 Å². The zero-order valence-electron chi connectivity index (χ0n) is 8.23. The summed E-state index contributed by atoms with van der Waals surface area (Å²) in [6.45, 7) is 0. The molecule has 1 aromatic rings. The van der Waals surface area contributed by atoms with Crippen LogP contribution in [0, 0.1) is 0 Å². The fourth-order valence-corrected chi connectivity index (χ4v) is 1.77. The van der Waals surface area contributed by atoms with Crippen molar-refractivity contribution >= 4 is 21.6 Å². The van der Waals surface area contributed by atoms with E-state index in [0.717, 1.165) is 0 Å². The summed E-state index contributed by atoms with van der Waals surface area (Å²) in [7, 11) is 0. The quantitative estimate of drug-likeness (QED) is 0.369. The highest BCUT2D eigenvalue weighted by Crippen LogP contribution is 2.21. The minimum Gasteiger partial charge on any atom is -0.390 e. The molecule has 15 heavy (non-hydrogen) atoms. The zero-order chi connectivity index (χ0) is 11.3. The highest BCUT2D eigenvalue weighted by molar-refractivity contribution is 9.09. The van der Waals surface area contributed by atoms with E-state index < -0.39 is 12.2 Å². The van der Waals surface area contributed by atoms with Crippen LogP contribution in [-0.2, 0) is 0 Å². The van der Waals surface area contributed by atoms with Crippen molar-refractivity contribution in [2.24, 2.45) is 5.84 Å². The molecular formula is C10H15BrN2O2. The van der Waals surface area contributed by atoms with Gasteiger partial charge in [0.2, 0.25) is 0 Å². The van der Waals surface area contributed by atoms with Gasteiger partial charge in [0.15, 0.2) is 0 Å². The molecule has 0 heterocycles. The van der Waals surface area contributed by atoms with Crippen LogP contribution in [-0.4, -0.2) is 21.6 Å². The van der Waals surface area contributed by atoms with Gasteiger partial charge < -0.3 is 15.6 Å². The second-order valence-electron chi connectivity index (χ2n) is 3.26. The minimum atomic E-state index is -0.879. The van der Waals surface area contributed by atoms with Crippen LogP contribution in [0.4, 0.5) is 5.69 Å². The first-order valence-electron chi connectivity index (χ1n) is 4.67. The number of anilines is 1. The third-order valence-electron chi connectivity index (χ3n) is 2.16. The number of benzene rings is 1. The Morgan fingerprint density at radius 3 is 2.73 bits per heavy atom. The maximum atomic E-state index is 9.80. The first kappa shape index (κ1) is 12.4. The van der Waals surface area contributed by atoms with E-state index in [1.165, 1.54) is 0 Å². The van der Waals surface area contributed by atoms with E-state index in [-0.39, 0.29) is 0 Å². The molecule has 2 atom stereocenters. The molecular weight excluding hydrogens is 260 g/mol. The number of rotatable bonds is 5. The summed E-state index contributed by atoms with van der Waals surface area (Å²) in [5.74, 6) is 5.25. The average molecular weight is 275 g/mol. The minimum absolute atomic E-state index is 0.501. The summed E-state index contributed by atoms with van der Waals surface area (Å²) in [5, 5.41) is 20.1. The van der Waals surface area contributed by atoms with Gasteiger partial charge in [0.25, 0.3) is 0 Å². The highest BCUT2D eigenvalue weighted by atomic mass is 79.9. The molecule has 84 valence electrons. The molecule has 0 aromatic heterocycles. The summed E-state index contributed by atoms with van der Waals surface area (Å²) < 4.78 is 0. The van der Waals surface area contributed by atoms with Crippen molar-refractivity contribution in [2.45, 2.75) is 18.6 Å². The first-order valence-corrected chi connectivity index (χ1v) is 5.80. The van der Waals surface area contributed by atoms with Gasteiger partial charge in [0.1, 0.15) is 6.10 Å². The Hall–Kier alpha value is -0.620. The number of hydrogen-bond acceptors (Lipinski definition) is 4. The van der Waals surface area contributed by atoms with Crippen molar-refractivity contribution in [1.29, 1.82) is 0 Å². The molecule has 4 nitrogen and oxygen atoms in total. The number of hydrazine groups is 1. The molecule has 0 amide bonds. The molecule has 5 heteroatoms. The average Bonchev–Trinajstić information content (AvgIpc) is 2.28. The summed E-state index contributed by atoms with van der Waals surface area (Å²) in [5.41, 5.74) is 3.85. The van der Waals surface area contributed by atoms with Crippen LogP contribution >= 0.6 is 15.9 Å². The number of aliphatic hydroxyl groups excluding tert-OH is 2. The lowest BCUT2D eigenvalue weighted by Gasteiger charge is -2.17. The molecule has 1 rings (SSSR count). The second kappa shape index (κ2) is 6.07. The van der Waals surface area contributed by atoms with E-state index >= 15 is 0 Å². The Kier molecular flexibility index (Phi) is 5.04. The molecule has 0 radical (unpaired) electrons. The Morgan fingerprint density at radius 2 is 2.13 bits per heavy atom. The van der Waals surface area contributed by atoms with Gasteiger partial charge in [-0.15, -0.1) is 0 Å². The van der Waals surface area contributed by atoms with Crippen molar-refractivity contribution in [3.8, 4) is 0 Å². The molecule has 0 saturated carbocycles. The molecule has 5 N–H and O–H groups in total. The predicted octanol–water partition coefficient (Wildman–Crippen LogP) is 1.15. The lowest BCUT2D eigenvalue weighted by molar-refractivity contribution is 0.0174. The lowest BCUT2D eigenvalue weighted by Crippen LogP contribution is -2.19. The summed E-state index contributed by atoms with van der Waals surface area (Å²) in [6.07, 6.45) is -1.14. The topological polar surface area (TPSA) is 78.5 Å². The molecule has 0 aliphatic carbocycles. The second-order valence-corrected chi connectivity index (χ2v) is 4.05. The monoisotopic (exact) mass is 274 g/mol. The van der Waals surface area contributed by atoms with Crippen molar-refractivity contribution in [3.63, 3.8) is 0 Å². The van der Waals surface area contributed by atoms with Crippen LogP contribution in [0.15, 0.2) is 24.3 Å². The molecule has 0 aliphatic rings. The summed E-state index contributed by atoms with van der Waals surface area (Å²) in [6, 6.07) is 7.02. The van der Waals surface area contributed by atoms with E-state index in [2.05, 4.69) is 21.4 Å². The Balaban J connectivity index is 2.76. The number of hydrogen-bond donors (Lipinski definition) is 4. The van der Waals surface area contributed by atoms with E-state index in [0.29, 0.717) is 23.0 Å². The normalized spacial score (nSPS) is 14.7. The van der Waals surface area contributed by atoms with Gasteiger partial charge in [-0.1, -0.05) is 28.1 Å². The van der Waals surface area contributed by atoms with E-state index in [4.69, 9.17) is 5.84 Å². The Labute approximate surface area is 97.2 Å². The van der Waals surface area contributed by atoms with Crippen LogP contribution in [0.2, 0.25) is 0 Å². The van der Waals surface area contributed by atoms with Crippen molar-refractivity contribution in [3.05, 3.63) is 29.8 Å². The van der Waals surface area contributed by atoms with Gasteiger partial charge in [-0.25, -0.2) is 0 Å².